The number of rotatable bonds is 4. The maximum atomic E-state index is 12.4. The summed E-state index contributed by atoms with van der Waals surface area (Å²) in [5.74, 6) is -0.373. The fourth-order valence-electron chi connectivity index (χ4n) is 2.64. The molecule has 20 heavy (non-hydrogen) atoms. The molecule has 1 saturated heterocycles. The third kappa shape index (κ3) is 2.99. The number of likely N-dealkylation sites (tertiary alicyclic amines) is 1. The molecule has 5 nitrogen and oxygen atoms in total. The number of carbonyl (C=O) groups excluding carboxylic acids is 2. The highest BCUT2D eigenvalue weighted by Crippen LogP contribution is 2.20. The van der Waals surface area contributed by atoms with E-state index in [1.807, 2.05) is 24.3 Å². The van der Waals surface area contributed by atoms with E-state index in [0.29, 0.717) is 19.5 Å². The number of nitrogens with two attached hydrogens (primary N) is 1. The Morgan fingerprint density at radius 1 is 1.35 bits per heavy atom. The lowest BCUT2D eigenvalue weighted by molar-refractivity contribution is -0.150. The van der Waals surface area contributed by atoms with Crippen LogP contribution < -0.4 is 5.73 Å². The quantitative estimate of drug-likeness (QED) is 0.828. The smallest absolute Gasteiger partial charge is 0.328 e. The molecular weight excluding hydrogens is 256 g/mol. The lowest BCUT2D eigenvalue weighted by Gasteiger charge is -2.23. The van der Waals surface area contributed by atoms with Gasteiger partial charge in [0.25, 0.3) is 0 Å². The largest absolute Gasteiger partial charge is 0.467 e. The molecule has 1 atom stereocenters. The van der Waals surface area contributed by atoms with Crippen LogP contribution in [0.1, 0.15) is 24.0 Å². The molecule has 1 aliphatic rings. The molecule has 0 radical (unpaired) electrons. The zero-order valence-corrected chi connectivity index (χ0v) is 11.7. The molecular formula is C15H20N2O3. The summed E-state index contributed by atoms with van der Waals surface area (Å²) in [5.41, 5.74) is 7.57. The SMILES string of the molecule is COC(=O)C1CCCN1C(=O)Cc1ccccc1CN. The first-order chi connectivity index (χ1) is 9.67. The third-order valence-electron chi connectivity index (χ3n) is 3.73. The molecule has 1 amide bonds. The minimum atomic E-state index is -0.433. The summed E-state index contributed by atoms with van der Waals surface area (Å²) >= 11 is 0. The number of esters is 1. The molecule has 1 aromatic carbocycles. The normalized spacial score (nSPS) is 18.1. The second-order valence-electron chi connectivity index (χ2n) is 4.92. The van der Waals surface area contributed by atoms with Gasteiger partial charge < -0.3 is 15.4 Å². The minimum Gasteiger partial charge on any atom is -0.467 e. The van der Waals surface area contributed by atoms with Crippen molar-refractivity contribution in [2.75, 3.05) is 13.7 Å². The van der Waals surface area contributed by atoms with Crippen LogP contribution in [0.5, 0.6) is 0 Å². The predicted octanol–water partition coefficient (Wildman–Crippen LogP) is 0.852. The molecule has 5 heteroatoms. The third-order valence-corrected chi connectivity index (χ3v) is 3.73. The summed E-state index contributed by atoms with van der Waals surface area (Å²) < 4.78 is 4.76. The van der Waals surface area contributed by atoms with Crippen molar-refractivity contribution in [2.24, 2.45) is 5.73 Å². The number of nitrogens with zero attached hydrogens (tertiary/aromatic N) is 1. The van der Waals surface area contributed by atoms with Gasteiger partial charge in [0.15, 0.2) is 0 Å². The van der Waals surface area contributed by atoms with Crippen LogP contribution in [0.4, 0.5) is 0 Å². The predicted molar refractivity (Wildman–Crippen MR) is 74.8 cm³/mol. The van der Waals surface area contributed by atoms with Crippen LogP contribution in [0.15, 0.2) is 24.3 Å². The number of hydrogen-bond acceptors (Lipinski definition) is 4. The van der Waals surface area contributed by atoms with Crippen molar-refractivity contribution in [3.8, 4) is 0 Å². The van der Waals surface area contributed by atoms with Crippen LogP contribution >= 0.6 is 0 Å². The Labute approximate surface area is 118 Å². The van der Waals surface area contributed by atoms with Crippen LogP contribution in [-0.4, -0.2) is 36.5 Å². The average Bonchev–Trinajstić information content (AvgIpc) is 2.96. The minimum absolute atomic E-state index is 0.0428. The van der Waals surface area contributed by atoms with E-state index < -0.39 is 6.04 Å². The lowest BCUT2D eigenvalue weighted by Crippen LogP contribution is -2.41. The van der Waals surface area contributed by atoms with Crippen LogP contribution in [0.3, 0.4) is 0 Å². The van der Waals surface area contributed by atoms with Gasteiger partial charge in [0.1, 0.15) is 6.04 Å². The van der Waals surface area contributed by atoms with Gasteiger partial charge >= 0.3 is 5.97 Å². The lowest BCUT2D eigenvalue weighted by atomic mass is 10.0. The highest BCUT2D eigenvalue weighted by molar-refractivity contribution is 5.86. The Bertz CT molecular complexity index is 502. The molecule has 0 aromatic heterocycles. The fraction of sp³-hybridized carbons (Fsp3) is 0.467. The van der Waals surface area contributed by atoms with E-state index in [1.165, 1.54) is 7.11 Å². The number of amides is 1. The van der Waals surface area contributed by atoms with E-state index in [4.69, 9.17) is 10.5 Å². The van der Waals surface area contributed by atoms with Gasteiger partial charge in [0.2, 0.25) is 5.91 Å². The molecule has 1 aliphatic heterocycles. The van der Waals surface area contributed by atoms with Crippen molar-refractivity contribution in [1.29, 1.82) is 0 Å². The fourth-order valence-corrected chi connectivity index (χ4v) is 2.64. The van der Waals surface area contributed by atoms with Crippen LogP contribution in [0, 0.1) is 0 Å². The molecule has 0 aliphatic carbocycles. The Morgan fingerprint density at radius 3 is 2.70 bits per heavy atom. The van der Waals surface area contributed by atoms with E-state index in [0.717, 1.165) is 17.5 Å². The van der Waals surface area contributed by atoms with E-state index in [9.17, 15) is 9.59 Å². The van der Waals surface area contributed by atoms with Gasteiger partial charge in [-0.3, -0.25) is 4.79 Å². The van der Waals surface area contributed by atoms with Crippen LogP contribution in [0.2, 0.25) is 0 Å². The van der Waals surface area contributed by atoms with Gasteiger partial charge in [-0.15, -0.1) is 0 Å². The summed E-state index contributed by atoms with van der Waals surface area (Å²) in [6.07, 6.45) is 1.79. The Morgan fingerprint density at radius 2 is 2.05 bits per heavy atom. The van der Waals surface area contributed by atoms with Gasteiger partial charge in [-0.1, -0.05) is 24.3 Å². The Kier molecular flexibility index (Phi) is 4.74. The summed E-state index contributed by atoms with van der Waals surface area (Å²) in [6.45, 7) is 1.02. The Hall–Kier alpha value is -1.88. The van der Waals surface area contributed by atoms with Crippen molar-refractivity contribution in [3.05, 3.63) is 35.4 Å². The summed E-state index contributed by atoms with van der Waals surface area (Å²) in [5, 5.41) is 0. The van der Waals surface area contributed by atoms with E-state index in [1.54, 1.807) is 4.90 Å². The van der Waals surface area contributed by atoms with Gasteiger partial charge in [0, 0.05) is 13.1 Å². The number of hydrogen-bond donors (Lipinski definition) is 1. The van der Waals surface area contributed by atoms with Crippen molar-refractivity contribution >= 4 is 11.9 Å². The first-order valence-electron chi connectivity index (χ1n) is 6.81. The Balaban J connectivity index is 2.09. The average molecular weight is 276 g/mol. The monoisotopic (exact) mass is 276 g/mol. The van der Waals surface area contributed by atoms with Crippen molar-refractivity contribution in [3.63, 3.8) is 0 Å². The van der Waals surface area contributed by atoms with Crippen LogP contribution in [-0.2, 0) is 27.3 Å². The molecule has 0 saturated carbocycles. The first-order valence-corrected chi connectivity index (χ1v) is 6.81. The maximum absolute atomic E-state index is 12.4. The van der Waals surface area contributed by atoms with Crippen molar-refractivity contribution in [2.45, 2.75) is 31.8 Å². The zero-order valence-electron chi connectivity index (χ0n) is 11.7. The van der Waals surface area contributed by atoms with E-state index >= 15 is 0 Å². The number of methoxy groups -OCH3 is 1. The highest BCUT2D eigenvalue weighted by Gasteiger charge is 2.34. The number of benzene rings is 1. The second-order valence-corrected chi connectivity index (χ2v) is 4.92. The molecule has 2 N–H and O–H groups in total. The molecule has 0 bridgehead atoms. The summed E-state index contributed by atoms with van der Waals surface area (Å²) in [7, 11) is 1.35. The molecule has 1 heterocycles. The highest BCUT2D eigenvalue weighted by atomic mass is 16.5. The van der Waals surface area contributed by atoms with E-state index in [-0.39, 0.29) is 18.3 Å². The molecule has 1 aromatic rings. The van der Waals surface area contributed by atoms with Crippen molar-refractivity contribution in [1.82, 2.24) is 4.90 Å². The van der Waals surface area contributed by atoms with E-state index in [2.05, 4.69) is 0 Å². The van der Waals surface area contributed by atoms with Gasteiger partial charge in [-0.2, -0.15) is 0 Å². The van der Waals surface area contributed by atoms with Crippen LogP contribution in [0.25, 0.3) is 0 Å². The second kappa shape index (κ2) is 6.52. The molecule has 1 unspecified atom stereocenters. The maximum Gasteiger partial charge on any atom is 0.328 e. The standard InChI is InChI=1S/C15H20N2O3/c1-20-15(19)13-7-4-8-17(13)14(18)9-11-5-2-3-6-12(11)10-16/h2-3,5-6,13H,4,7-10,16H2,1H3. The first kappa shape index (κ1) is 14.5. The topological polar surface area (TPSA) is 72.6 Å². The molecule has 2 rings (SSSR count). The molecule has 0 spiro atoms. The van der Waals surface area contributed by atoms with Crippen molar-refractivity contribution < 1.29 is 14.3 Å². The summed E-state index contributed by atoms with van der Waals surface area (Å²) in [4.78, 5) is 25.7. The molecule has 108 valence electrons. The van der Waals surface area contributed by atoms with Gasteiger partial charge in [0.05, 0.1) is 13.5 Å². The number of carbonyl (C=O) groups is 2. The zero-order chi connectivity index (χ0) is 14.5. The molecule has 1 fully saturated rings. The number of ether oxygens (including phenoxy) is 1. The van der Waals surface area contributed by atoms with Gasteiger partial charge in [-0.05, 0) is 24.0 Å². The summed E-state index contributed by atoms with van der Waals surface area (Å²) in [6, 6.07) is 7.19. The van der Waals surface area contributed by atoms with Gasteiger partial charge in [-0.25, -0.2) is 4.79 Å².